The van der Waals surface area contributed by atoms with E-state index in [1.807, 2.05) is 35.3 Å². The molecule has 0 spiro atoms. The van der Waals surface area contributed by atoms with Crippen LogP contribution in [0.25, 0.3) is 22.4 Å². The molecule has 0 unspecified atom stereocenters. The Morgan fingerprint density at radius 1 is 0.821 bits per heavy atom. The van der Waals surface area contributed by atoms with E-state index in [1.165, 1.54) is 5.56 Å². The van der Waals surface area contributed by atoms with Gasteiger partial charge < -0.3 is 9.88 Å². The molecule has 0 aliphatic rings. The Labute approximate surface area is 162 Å². The summed E-state index contributed by atoms with van der Waals surface area (Å²) in [4.78, 5) is 8.57. The van der Waals surface area contributed by atoms with E-state index in [9.17, 15) is 0 Å². The van der Waals surface area contributed by atoms with Crippen LogP contribution in [0.5, 0.6) is 0 Å². The predicted molar refractivity (Wildman–Crippen MR) is 112 cm³/mol. The minimum absolute atomic E-state index is 0.762. The van der Waals surface area contributed by atoms with Crippen molar-refractivity contribution >= 4 is 16.7 Å². The van der Waals surface area contributed by atoms with Crippen molar-refractivity contribution in [1.29, 1.82) is 0 Å². The van der Waals surface area contributed by atoms with Gasteiger partial charge in [0.1, 0.15) is 6.33 Å². The fourth-order valence-corrected chi connectivity index (χ4v) is 3.33. The molecule has 136 valence electrons. The van der Waals surface area contributed by atoms with Crippen LogP contribution in [-0.2, 0) is 6.54 Å². The maximum absolute atomic E-state index is 4.48. The lowest BCUT2D eigenvalue weighted by Gasteiger charge is -2.10. The Hall–Kier alpha value is -3.86. The second-order valence-corrected chi connectivity index (χ2v) is 6.64. The van der Waals surface area contributed by atoms with Crippen LogP contribution in [0.3, 0.4) is 0 Å². The molecule has 0 aliphatic heterocycles. The molecule has 2 aromatic heterocycles. The molecule has 0 fully saturated rings. The first-order valence-electron chi connectivity index (χ1n) is 9.20. The van der Waals surface area contributed by atoms with Gasteiger partial charge in [0.25, 0.3) is 0 Å². The summed E-state index contributed by atoms with van der Waals surface area (Å²) in [5, 5.41) is 3.51. The summed E-state index contributed by atoms with van der Waals surface area (Å²) in [6.07, 6.45) is 7.40. The van der Waals surface area contributed by atoms with Gasteiger partial charge in [-0.15, -0.1) is 0 Å². The smallest absolute Gasteiger partial charge is 0.100 e. The van der Waals surface area contributed by atoms with Gasteiger partial charge in [0.15, 0.2) is 0 Å². The first-order valence-corrected chi connectivity index (χ1v) is 9.20. The van der Waals surface area contributed by atoms with Crippen LogP contribution in [-0.4, -0.2) is 19.1 Å². The van der Waals surface area contributed by atoms with E-state index in [4.69, 9.17) is 0 Å². The summed E-state index contributed by atoms with van der Waals surface area (Å²) in [5.41, 5.74) is 6.61. The number of aromatic nitrogens is 4. The van der Waals surface area contributed by atoms with Crippen molar-refractivity contribution in [1.82, 2.24) is 19.1 Å². The molecule has 1 N–H and O–H groups in total. The highest BCUT2D eigenvalue weighted by atomic mass is 15.1. The van der Waals surface area contributed by atoms with Crippen LogP contribution in [0.4, 0.5) is 5.69 Å². The largest absolute Gasteiger partial charge is 0.381 e. The summed E-state index contributed by atoms with van der Waals surface area (Å²) in [6, 6.07) is 25.0. The fraction of sp³-hybridized carbons (Fsp3) is 0.0435. The monoisotopic (exact) mass is 365 g/mol. The van der Waals surface area contributed by atoms with Gasteiger partial charge in [0.2, 0.25) is 0 Å². The number of rotatable bonds is 5. The third-order valence-corrected chi connectivity index (χ3v) is 4.81. The average molecular weight is 365 g/mol. The van der Waals surface area contributed by atoms with Crippen LogP contribution in [0.15, 0.2) is 97.8 Å². The molecule has 28 heavy (non-hydrogen) atoms. The Morgan fingerprint density at radius 2 is 1.71 bits per heavy atom. The normalized spacial score (nSPS) is 11.0. The van der Waals surface area contributed by atoms with E-state index in [0.717, 1.165) is 34.6 Å². The van der Waals surface area contributed by atoms with Gasteiger partial charge in [-0.25, -0.2) is 9.97 Å². The van der Waals surface area contributed by atoms with Crippen molar-refractivity contribution in [3.05, 3.63) is 103 Å². The van der Waals surface area contributed by atoms with E-state index in [0.29, 0.717) is 0 Å². The number of anilines is 1. The van der Waals surface area contributed by atoms with Gasteiger partial charge in [0.05, 0.1) is 17.4 Å². The lowest BCUT2D eigenvalue weighted by molar-refractivity contribution is 1.05. The number of hydrogen-bond acceptors (Lipinski definition) is 3. The van der Waals surface area contributed by atoms with Crippen molar-refractivity contribution in [2.24, 2.45) is 0 Å². The van der Waals surface area contributed by atoms with Crippen molar-refractivity contribution < 1.29 is 0 Å². The van der Waals surface area contributed by atoms with Gasteiger partial charge in [-0.3, -0.25) is 4.57 Å². The number of para-hydroxylation sites is 2. The molecular weight excluding hydrogens is 346 g/mol. The molecular formula is C23H19N5. The molecule has 0 bridgehead atoms. The molecule has 0 amide bonds. The molecule has 0 aliphatic carbocycles. The van der Waals surface area contributed by atoms with Gasteiger partial charge >= 0.3 is 0 Å². The van der Waals surface area contributed by atoms with E-state index in [2.05, 4.69) is 74.4 Å². The quantitative estimate of drug-likeness (QED) is 0.486. The summed E-state index contributed by atoms with van der Waals surface area (Å²) in [7, 11) is 0. The Morgan fingerprint density at radius 3 is 2.57 bits per heavy atom. The number of fused-ring (bicyclic) bond motifs is 1. The van der Waals surface area contributed by atoms with Crippen LogP contribution in [0, 0.1) is 0 Å². The topological polar surface area (TPSA) is 47.7 Å². The highest BCUT2D eigenvalue weighted by Crippen LogP contribution is 2.21. The van der Waals surface area contributed by atoms with Crippen LogP contribution < -0.4 is 5.32 Å². The Balaban J connectivity index is 1.33. The van der Waals surface area contributed by atoms with Crippen LogP contribution >= 0.6 is 0 Å². The van der Waals surface area contributed by atoms with Crippen molar-refractivity contribution in [2.45, 2.75) is 6.54 Å². The number of imidazole rings is 2. The summed E-state index contributed by atoms with van der Waals surface area (Å²) >= 11 is 0. The lowest BCUT2D eigenvalue weighted by Crippen LogP contribution is -2.01. The zero-order valence-electron chi connectivity index (χ0n) is 15.2. The van der Waals surface area contributed by atoms with Gasteiger partial charge in [-0.2, -0.15) is 0 Å². The molecule has 0 radical (unpaired) electrons. The molecule has 5 rings (SSSR count). The maximum Gasteiger partial charge on any atom is 0.100 e. The summed E-state index contributed by atoms with van der Waals surface area (Å²) in [5.74, 6) is 0. The van der Waals surface area contributed by atoms with Gasteiger partial charge in [-0.1, -0.05) is 30.3 Å². The number of nitrogens with zero attached hydrogens (tertiary/aromatic N) is 4. The average Bonchev–Trinajstić information content (AvgIpc) is 3.43. The second-order valence-electron chi connectivity index (χ2n) is 6.64. The van der Waals surface area contributed by atoms with E-state index >= 15 is 0 Å². The molecule has 5 nitrogen and oxygen atoms in total. The second kappa shape index (κ2) is 7.04. The van der Waals surface area contributed by atoms with Crippen LogP contribution in [0.2, 0.25) is 0 Å². The lowest BCUT2D eigenvalue weighted by atomic mass is 10.2. The first-order chi connectivity index (χ1) is 13.9. The summed E-state index contributed by atoms with van der Waals surface area (Å²) < 4.78 is 4.11. The Kier molecular flexibility index (Phi) is 4.10. The molecule has 0 atom stereocenters. The number of nitrogens with one attached hydrogen (secondary N) is 1. The van der Waals surface area contributed by atoms with E-state index < -0.39 is 0 Å². The molecule has 5 aromatic rings. The minimum Gasteiger partial charge on any atom is -0.381 e. The highest BCUT2D eigenvalue weighted by Gasteiger charge is 2.04. The predicted octanol–water partition coefficient (Wildman–Crippen LogP) is 4.82. The SMILES string of the molecule is c1cc(NCc2ccc(-n3ccnc3)cc2)cc(-n2cnc3ccccc32)c1. The zero-order chi connectivity index (χ0) is 18.8. The minimum atomic E-state index is 0.762. The summed E-state index contributed by atoms with van der Waals surface area (Å²) in [6.45, 7) is 0.762. The number of hydrogen-bond donors (Lipinski definition) is 1. The molecule has 0 saturated carbocycles. The van der Waals surface area contributed by atoms with Gasteiger partial charge in [-0.05, 0) is 48.0 Å². The standard InChI is InChI=1S/C23H19N5/c1-2-7-23-22(6-1)26-17-28(23)21-5-3-4-19(14-21)25-15-18-8-10-20(11-9-18)27-13-12-24-16-27/h1-14,16-17,25H,15H2. The third-order valence-electron chi connectivity index (χ3n) is 4.81. The Bertz CT molecular complexity index is 1200. The highest BCUT2D eigenvalue weighted by molar-refractivity contribution is 5.77. The van der Waals surface area contributed by atoms with Crippen molar-refractivity contribution in [3.8, 4) is 11.4 Å². The molecule has 3 aromatic carbocycles. The van der Waals surface area contributed by atoms with Crippen molar-refractivity contribution in [2.75, 3.05) is 5.32 Å². The zero-order valence-corrected chi connectivity index (χ0v) is 15.2. The maximum atomic E-state index is 4.48. The third kappa shape index (κ3) is 3.14. The fourth-order valence-electron chi connectivity index (χ4n) is 3.33. The van der Waals surface area contributed by atoms with Crippen molar-refractivity contribution in [3.63, 3.8) is 0 Å². The molecule has 2 heterocycles. The van der Waals surface area contributed by atoms with E-state index in [-0.39, 0.29) is 0 Å². The van der Waals surface area contributed by atoms with Gasteiger partial charge in [0, 0.05) is 36.0 Å². The van der Waals surface area contributed by atoms with E-state index in [1.54, 1.807) is 12.5 Å². The number of benzene rings is 3. The molecule has 0 saturated heterocycles. The molecule has 5 heteroatoms. The first kappa shape index (κ1) is 16.3. The van der Waals surface area contributed by atoms with Crippen LogP contribution in [0.1, 0.15) is 5.56 Å².